The first-order chi connectivity index (χ1) is 9.02. The zero-order valence-corrected chi connectivity index (χ0v) is 11.1. The van der Waals surface area contributed by atoms with Gasteiger partial charge in [0.2, 0.25) is 0 Å². The second-order valence-electron chi connectivity index (χ2n) is 4.32. The summed E-state index contributed by atoms with van der Waals surface area (Å²) in [6, 6.07) is 2.75. The number of rotatable bonds is 6. The minimum Gasteiger partial charge on any atom is -0.481 e. The molecule has 2 unspecified atom stereocenters. The van der Waals surface area contributed by atoms with Crippen molar-refractivity contribution in [3.63, 3.8) is 0 Å². The SMILES string of the molecule is CCC(CC(=O)O)NC(=O)NC(C)c1ccncc1. The fourth-order valence-corrected chi connectivity index (χ4v) is 1.67. The lowest BCUT2D eigenvalue weighted by atomic mass is 10.1. The second kappa shape index (κ2) is 7.35. The third-order valence-electron chi connectivity index (χ3n) is 2.80. The summed E-state index contributed by atoms with van der Waals surface area (Å²) in [6.07, 6.45) is 3.81. The third kappa shape index (κ3) is 5.37. The summed E-state index contributed by atoms with van der Waals surface area (Å²) >= 11 is 0. The van der Waals surface area contributed by atoms with Crippen molar-refractivity contribution in [2.75, 3.05) is 0 Å². The van der Waals surface area contributed by atoms with E-state index in [0.29, 0.717) is 6.42 Å². The highest BCUT2D eigenvalue weighted by atomic mass is 16.4. The molecule has 1 aromatic heterocycles. The van der Waals surface area contributed by atoms with Crippen molar-refractivity contribution in [2.24, 2.45) is 0 Å². The summed E-state index contributed by atoms with van der Waals surface area (Å²) < 4.78 is 0. The number of hydrogen-bond donors (Lipinski definition) is 3. The monoisotopic (exact) mass is 265 g/mol. The number of carboxylic acid groups (broad SMARTS) is 1. The number of nitrogens with zero attached hydrogens (tertiary/aromatic N) is 1. The van der Waals surface area contributed by atoms with Gasteiger partial charge in [0.15, 0.2) is 0 Å². The number of carbonyl (C=O) groups excluding carboxylic acids is 1. The van der Waals surface area contributed by atoms with E-state index in [1.165, 1.54) is 0 Å². The molecular weight excluding hydrogens is 246 g/mol. The molecule has 1 rings (SSSR count). The van der Waals surface area contributed by atoms with E-state index in [4.69, 9.17) is 5.11 Å². The van der Waals surface area contributed by atoms with Crippen molar-refractivity contribution in [3.8, 4) is 0 Å². The lowest BCUT2D eigenvalue weighted by Gasteiger charge is -2.19. The van der Waals surface area contributed by atoms with Gasteiger partial charge >= 0.3 is 12.0 Å². The molecule has 0 spiro atoms. The fraction of sp³-hybridized carbons (Fsp3) is 0.462. The van der Waals surface area contributed by atoms with Crippen LogP contribution in [0.2, 0.25) is 0 Å². The minimum atomic E-state index is -0.922. The molecule has 2 atom stereocenters. The van der Waals surface area contributed by atoms with Gasteiger partial charge in [-0.2, -0.15) is 0 Å². The van der Waals surface area contributed by atoms with Gasteiger partial charge in [-0.15, -0.1) is 0 Å². The molecule has 6 heteroatoms. The summed E-state index contributed by atoms with van der Waals surface area (Å²) in [5.74, 6) is -0.922. The Morgan fingerprint density at radius 2 is 1.95 bits per heavy atom. The number of carbonyl (C=O) groups is 2. The van der Waals surface area contributed by atoms with E-state index < -0.39 is 5.97 Å². The van der Waals surface area contributed by atoms with Crippen molar-refractivity contribution in [2.45, 2.75) is 38.8 Å². The molecule has 0 bridgehead atoms. The van der Waals surface area contributed by atoms with E-state index in [1.807, 2.05) is 26.0 Å². The Kier molecular flexibility index (Phi) is 5.78. The molecule has 2 amide bonds. The van der Waals surface area contributed by atoms with Crippen LogP contribution < -0.4 is 10.6 Å². The predicted molar refractivity (Wildman–Crippen MR) is 70.7 cm³/mol. The molecule has 1 heterocycles. The molecule has 1 aromatic rings. The number of amides is 2. The predicted octanol–water partition coefficient (Wildman–Crippen LogP) is 1.70. The highest BCUT2D eigenvalue weighted by Crippen LogP contribution is 2.09. The van der Waals surface area contributed by atoms with Gasteiger partial charge in [-0.05, 0) is 31.0 Å². The van der Waals surface area contributed by atoms with Crippen LogP contribution in [0.4, 0.5) is 4.79 Å². The second-order valence-corrected chi connectivity index (χ2v) is 4.32. The molecule has 3 N–H and O–H groups in total. The molecule has 0 radical (unpaired) electrons. The number of aromatic nitrogens is 1. The van der Waals surface area contributed by atoms with Crippen LogP contribution >= 0.6 is 0 Å². The van der Waals surface area contributed by atoms with Crippen LogP contribution in [-0.2, 0) is 4.79 Å². The molecule has 0 aliphatic heterocycles. The summed E-state index contributed by atoms with van der Waals surface area (Å²) in [6.45, 7) is 3.69. The summed E-state index contributed by atoms with van der Waals surface area (Å²) in [5, 5.41) is 14.1. The first-order valence-corrected chi connectivity index (χ1v) is 6.21. The quantitative estimate of drug-likeness (QED) is 0.730. The number of pyridine rings is 1. The van der Waals surface area contributed by atoms with Gasteiger partial charge in [0.05, 0.1) is 12.5 Å². The summed E-state index contributed by atoms with van der Waals surface area (Å²) in [4.78, 5) is 26.3. The maximum atomic E-state index is 11.7. The van der Waals surface area contributed by atoms with Gasteiger partial charge in [0, 0.05) is 18.4 Å². The maximum Gasteiger partial charge on any atom is 0.315 e. The normalized spacial score (nSPS) is 13.4. The van der Waals surface area contributed by atoms with Gasteiger partial charge in [-0.25, -0.2) is 4.79 Å². The van der Waals surface area contributed by atoms with Gasteiger partial charge < -0.3 is 15.7 Å². The van der Waals surface area contributed by atoms with Crippen molar-refractivity contribution < 1.29 is 14.7 Å². The first kappa shape index (κ1) is 14.9. The van der Waals surface area contributed by atoms with Crippen LogP contribution in [0.1, 0.15) is 38.3 Å². The number of carboxylic acids is 1. The average molecular weight is 265 g/mol. The maximum absolute atomic E-state index is 11.7. The van der Waals surface area contributed by atoms with Crippen molar-refractivity contribution in [3.05, 3.63) is 30.1 Å². The van der Waals surface area contributed by atoms with E-state index in [2.05, 4.69) is 15.6 Å². The van der Waals surface area contributed by atoms with Crippen molar-refractivity contribution >= 4 is 12.0 Å². The van der Waals surface area contributed by atoms with Gasteiger partial charge in [0.1, 0.15) is 0 Å². The molecule has 6 nitrogen and oxygen atoms in total. The number of aliphatic carboxylic acids is 1. The molecule has 0 aromatic carbocycles. The van der Waals surface area contributed by atoms with Crippen LogP contribution in [-0.4, -0.2) is 28.1 Å². The molecule has 0 saturated carbocycles. The van der Waals surface area contributed by atoms with Crippen LogP contribution in [0.25, 0.3) is 0 Å². The van der Waals surface area contributed by atoms with E-state index in [-0.39, 0.29) is 24.5 Å². The van der Waals surface area contributed by atoms with Gasteiger partial charge in [-0.3, -0.25) is 9.78 Å². The Balaban J connectivity index is 2.48. The molecule has 0 aliphatic carbocycles. The van der Waals surface area contributed by atoms with E-state index in [1.54, 1.807) is 12.4 Å². The Bertz CT molecular complexity index is 422. The minimum absolute atomic E-state index is 0.0758. The summed E-state index contributed by atoms with van der Waals surface area (Å²) in [5.41, 5.74) is 0.941. The molecule has 0 saturated heterocycles. The van der Waals surface area contributed by atoms with E-state index in [9.17, 15) is 9.59 Å². The molecule has 104 valence electrons. The van der Waals surface area contributed by atoms with Gasteiger partial charge in [0.25, 0.3) is 0 Å². The van der Waals surface area contributed by atoms with Crippen molar-refractivity contribution in [1.29, 1.82) is 0 Å². The largest absolute Gasteiger partial charge is 0.481 e. The lowest BCUT2D eigenvalue weighted by Crippen LogP contribution is -2.43. The number of nitrogens with one attached hydrogen (secondary N) is 2. The Morgan fingerprint density at radius 3 is 2.47 bits per heavy atom. The zero-order valence-electron chi connectivity index (χ0n) is 11.1. The third-order valence-corrected chi connectivity index (χ3v) is 2.80. The number of urea groups is 1. The molecule has 19 heavy (non-hydrogen) atoms. The molecular formula is C13H19N3O3. The summed E-state index contributed by atoms with van der Waals surface area (Å²) in [7, 11) is 0. The topological polar surface area (TPSA) is 91.3 Å². The Morgan fingerprint density at radius 1 is 1.32 bits per heavy atom. The Hall–Kier alpha value is -2.11. The van der Waals surface area contributed by atoms with Gasteiger partial charge in [-0.1, -0.05) is 6.92 Å². The average Bonchev–Trinajstić information content (AvgIpc) is 2.38. The zero-order chi connectivity index (χ0) is 14.3. The fourth-order valence-electron chi connectivity index (χ4n) is 1.67. The highest BCUT2D eigenvalue weighted by molar-refractivity contribution is 5.76. The van der Waals surface area contributed by atoms with Crippen molar-refractivity contribution in [1.82, 2.24) is 15.6 Å². The van der Waals surface area contributed by atoms with Crippen LogP contribution in [0.15, 0.2) is 24.5 Å². The smallest absolute Gasteiger partial charge is 0.315 e. The lowest BCUT2D eigenvalue weighted by molar-refractivity contribution is -0.137. The van der Waals surface area contributed by atoms with E-state index in [0.717, 1.165) is 5.56 Å². The van der Waals surface area contributed by atoms with Crippen LogP contribution in [0.5, 0.6) is 0 Å². The number of hydrogen-bond acceptors (Lipinski definition) is 3. The molecule has 0 aliphatic rings. The van der Waals surface area contributed by atoms with E-state index >= 15 is 0 Å². The van der Waals surface area contributed by atoms with Crippen LogP contribution in [0.3, 0.4) is 0 Å². The highest BCUT2D eigenvalue weighted by Gasteiger charge is 2.15. The Labute approximate surface area is 112 Å². The first-order valence-electron chi connectivity index (χ1n) is 6.21. The standard InChI is InChI=1S/C13H19N3O3/c1-3-11(8-12(17)18)16-13(19)15-9(2)10-4-6-14-7-5-10/h4-7,9,11H,3,8H2,1-2H3,(H,17,18)(H2,15,16,19). The molecule has 0 fully saturated rings. The van der Waals surface area contributed by atoms with Crippen LogP contribution in [0, 0.1) is 0 Å².